The van der Waals surface area contributed by atoms with Crippen LogP contribution in [-0.4, -0.2) is 25.7 Å². The van der Waals surface area contributed by atoms with Crippen molar-refractivity contribution in [2.45, 2.75) is 33.0 Å². The van der Waals surface area contributed by atoms with E-state index in [0.717, 1.165) is 5.56 Å². The zero-order valence-corrected chi connectivity index (χ0v) is 15.4. The molecule has 6 nitrogen and oxygen atoms in total. The molecule has 2 N–H and O–H groups in total. The Balaban J connectivity index is 1.91. The van der Waals surface area contributed by atoms with Crippen LogP contribution in [0.2, 0.25) is 5.02 Å². The zero-order chi connectivity index (χ0) is 18.2. The van der Waals surface area contributed by atoms with Gasteiger partial charge in [0.1, 0.15) is 5.76 Å². The number of nitrogens with one attached hydrogen (secondary N) is 2. The molecule has 0 aliphatic carbocycles. The number of hydrogen-bond acceptors (Lipinski definition) is 5. The second kappa shape index (κ2) is 9.34. The zero-order valence-electron chi connectivity index (χ0n) is 14.6. The summed E-state index contributed by atoms with van der Waals surface area (Å²) in [5.41, 5.74) is 0.899. The van der Waals surface area contributed by atoms with Gasteiger partial charge in [0.2, 0.25) is 5.91 Å². The Labute approximate surface area is 152 Å². The van der Waals surface area contributed by atoms with Crippen LogP contribution in [0.25, 0.3) is 0 Å². The molecule has 0 spiro atoms. The van der Waals surface area contributed by atoms with E-state index in [1.54, 1.807) is 32.4 Å². The lowest BCUT2D eigenvalue weighted by atomic mass is 10.2. The first-order chi connectivity index (χ1) is 12.0. The van der Waals surface area contributed by atoms with E-state index in [1.807, 2.05) is 19.1 Å². The Morgan fingerprint density at radius 3 is 2.80 bits per heavy atom. The molecule has 0 aliphatic heterocycles. The van der Waals surface area contributed by atoms with E-state index in [4.69, 9.17) is 25.5 Å². The number of furan rings is 1. The van der Waals surface area contributed by atoms with Gasteiger partial charge in [0, 0.05) is 6.54 Å². The van der Waals surface area contributed by atoms with Crippen molar-refractivity contribution in [1.82, 2.24) is 10.6 Å². The summed E-state index contributed by atoms with van der Waals surface area (Å²) in [6.07, 6.45) is 1.58. The van der Waals surface area contributed by atoms with Crippen LogP contribution in [0.5, 0.6) is 11.5 Å². The maximum Gasteiger partial charge on any atom is 0.237 e. The molecular formula is C18H23ClN2O4. The van der Waals surface area contributed by atoms with Crippen LogP contribution in [0, 0.1) is 0 Å². The van der Waals surface area contributed by atoms with E-state index in [0.29, 0.717) is 42.0 Å². The van der Waals surface area contributed by atoms with Crippen LogP contribution in [0.3, 0.4) is 0 Å². The van der Waals surface area contributed by atoms with Gasteiger partial charge in [0.25, 0.3) is 0 Å². The summed E-state index contributed by atoms with van der Waals surface area (Å²) in [6, 6.07) is 6.87. The molecule has 2 rings (SSSR count). The lowest BCUT2D eigenvalue weighted by Gasteiger charge is -2.16. The molecule has 0 saturated heterocycles. The van der Waals surface area contributed by atoms with Gasteiger partial charge in [0.05, 0.1) is 37.6 Å². The van der Waals surface area contributed by atoms with Crippen molar-refractivity contribution in [3.63, 3.8) is 0 Å². The predicted octanol–water partition coefficient (Wildman–Crippen LogP) is 3.13. The quantitative estimate of drug-likeness (QED) is 0.713. The van der Waals surface area contributed by atoms with E-state index >= 15 is 0 Å². The average Bonchev–Trinajstić information content (AvgIpc) is 3.13. The molecule has 25 heavy (non-hydrogen) atoms. The fourth-order valence-electron chi connectivity index (χ4n) is 2.26. The van der Waals surface area contributed by atoms with Crippen LogP contribution in [-0.2, 0) is 17.9 Å². The topological polar surface area (TPSA) is 72.7 Å². The van der Waals surface area contributed by atoms with Crippen LogP contribution in [0.1, 0.15) is 25.2 Å². The molecule has 1 heterocycles. The third kappa shape index (κ3) is 5.41. The molecule has 0 aliphatic rings. The molecule has 1 amide bonds. The summed E-state index contributed by atoms with van der Waals surface area (Å²) >= 11 is 6.25. The number of carbonyl (C=O) groups excluding carboxylic acids is 1. The maximum atomic E-state index is 12.1. The highest BCUT2D eigenvalue weighted by atomic mass is 35.5. The highest BCUT2D eigenvalue weighted by Crippen LogP contribution is 2.36. The summed E-state index contributed by atoms with van der Waals surface area (Å²) in [5.74, 6) is 1.70. The lowest BCUT2D eigenvalue weighted by molar-refractivity contribution is -0.123. The Bertz CT molecular complexity index is 689. The van der Waals surface area contributed by atoms with Crippen LogP contribution >= 0.6 is 11.6 Å². The van der Waals surface area contributed by atoms with Crippen molar-refractivity contribution in [2.24, 2.45) is 0 Å². The minimum absolute atomic E-state index is 0.111. The number of benzene rings is 1. The van der Waals surface area contributed by atoms with Gasteiger partial charge in [-0.3, -0.25) is 4.79 Å². The van der Waals surface area contributed by atoms with E-state index in [-0.39, 0.29) is 11.9 Å². The van der Waals surface area contributed by atoms with Crippen molar-refractivity contribution in [3.05, 3.63) is 46.9 Å². The molecule has 1 aromatic carbocycles. The van der Waals surface area contributed by atoms with Crippen molar-refractivity contribution >= 4 is 17.5 Å². The van der Waals surface area contributed by atoms with Crippen molar-refractivity contribution in [1.29, 1.82) is 0 Å². The van der Waals surface area contributed by atoms with Gasteiger partial charge < -0.3 is 24.5 Å². The smallest absolute Gasteiger partial charge is 0.237 e. The first-order valence-corrected chi connectivity index (χ1v) is 8.45. The second-order valence-corrected chi connectivity index (χ2v) is 5.85. The first-order valence-electron chi connectivity index (χ1n) is 8.07. The Hall–Kier alpha value is -2.18. The largest absolute Gasteiger partial charge is 0.493 e. The minimum Gasteiger partial charge on any atom is -0.493 e. The lowest BCUT2D eigenvalue weighted by Crippen LogP contribution is -2.41. The molecule has 0 radical (unpaired) electrons. The Morgan fingerprint density at radius 2 is 2.16 bits per heavy atom. The highest BCUT2D eigenvalue weighted by Gasteiger charge is 2.15. The fraction of sp³-hybridized carbons (Fsp3) is 0.389. The monoisotopic (exact) mass is 366 g/mol. The maximum absolute atomic E-state index is 12.1. The number of methoxy groups -OCH3 is 1. The van der Waals surface area contributed by atoms with Gasteiger partial charge in [0.15, 0.2) is 11.5 Å². The van der Waals surface area contributed by atoms with Crippen LogP contribution in [0.15, 0.2) is 34.9 Å². The predicted molar refractivity (Wildman–Crippen MR) is 96.0 cm³/mol. The number of carbonyl (C=O) groups is 1. The van der Waals surface area contributed by atoms with Crippen molar-refractivity contribution in [2.75, 3.05) is 13.7 Å². The second-order valence-electron chi connectivity index (χ2n) is 5.44. The van der Waals surface area contributed by atoms with E-state index < -0.39 is 0 Å². The van der Waals surface area contributed by atoms with E-state index in [2.05, 4.69) is 10.6 Å². The minimum atomic E-state index is -0.369. The SMILES string of the molecule is CCOc1c(Cl)cc(CNC(C)C(=O)NCc2ccco2)cc1OC. The molecule has 1 aromatic heterocycles. The molecule has 2 aromatic rings. The molecule has 1 unspecified atom stereocenters. The number of amides is 1. The van der Waals surface area contributed by atoms with Crippen molar-refractivity contribution < 1.29 is 18.7 Å². The van der Waals surface area contributed by atoms with Gasteiger partial charge in [-0.05, 0) is 43.7 Å². The van der Waals surface area contributed by atoms with E-state index in [1.165, 1.54) is 0 Å². The normalized spacial score (nSPS) is 11.8. The number of hydrogen-bond donors (Lipinski definition) is 2. The van der Waals surface area contributed by atoms with Gasteiger partial charge in [-0.1, -0.05) is 11.6 Å². The number of halogens is 1. The van der Waals surface area contributed by atoms with Gasteiger partial charge in [-0.2, -0.15) is 0 Å². The third-order valence-corrected chi connectivity index (χ3v) is 3.88. The van der Waals surface area contributed by atoms with Gasteiger partial charge in [-0.15, -0.1) is 0 Å². The Morgan fingerprint density at radius 1 is 1.36 bits per heavy atom. The third-order valence-electron chi connectivity index (χ3n) is 3.60. The highest BCUT2D eigenvalue weighted by molar-refractivity contribution is 6.32. The number of rotatable bonds is 9. The van der Waals surface area contributed by atoms with Crippen LogP contribution < -0.4 is 20.1 Å². The molecule has 0 fully saturated rings. The molecule has 1 atom stereocenters. The first kappa shape index (κ1) is 19.1. The average molecular weight is 367 g/mol. The summed E-state index contributed by atoms with van der Waals surface area (Å²) < 4.78 is 16.0. The Kier molecular flexibility index (Phi) is 7.16. The summed E-state index contributed by atoms with van der Waals surface area (Å²) in [6.45, 7) is 5.01. The number of ether oxygens (including phenoxy) is 2. The molecule has 0 saturated carbocycles. The van der Waals surface area contributed by atoms with Crippen LogP contribution in [0.4, 0.5) is 0 Å². The summed E-state index contributed by atoms with van der Waals surface area (Å²) in [5, 5.41) is 6.46. The van der Waals surface area contributed by atoms with Gasteiger partial charge in [-0.25, -0.2) is 0 Å². The summed E-state index contributed by atoms with van der Waals surface area (Å²) in [4.78, 5) is 12.1. The van der Waals surface area contributed by atoms with Crippen molar-refractivity contribution in [3.8, 4) is 11.5 Å². The summed E-state index contributed by atoms with van der Waals surface area (Å²) in [7, 11) is 1.57. The standard InChI is InChI=1S/C18H23ClN2O4/c1-4-24-17-15(19)8-13(9-16(17)23-3)10-20-12(2)18(22)21-11-14-6-5-7-25-14/h5-9,12,20H,4,10-11H2,1-3H3,(H,21,22). The molecule has 7 heteroatoms. The molecule has 0 bridgehead atoms. The van der Waals surface area contributed by atoms with E-state index in [9.17, 15) is 4.79 Å². The fourth-order valence-corrected chi connectivity index (χ4v) is 2.55. The van der Waals surface area contributed by atoms with Gasteiger partial charge >= 0.3 is 0 Å². The molecule has 136 valence electrons. The molecular weight excluding hydrogens is 344 g/mol.